The molecule has 2 heterocycles. The molecule has 19 heavy (non-hydrogen) atoms. The largest absolute Gasteiger partial charge is 0.391 e. The van der Waals surface area contributed by atoms with E-state index in [1.807, 2.05) is 11.8 Å². The van der Waals surface area contributed by atoms with Crippen LogP contribution in [0, 0.1) is 5.92 Å². The molecule has 2 unspecified atom stereocenters. The number of pyridine rings is 1. The van der Waals surface area contributed by atoms with Gasteiger partial charge in [0.2, 0.25) is 10.0 Å². The van der Waals surface area contributed by atoms with Crippen molar-refractivity contribution in [1.29, 1.82) is 0 Å². The molecule has 2 atom stereocenters. The van der Waals surface area contributed by atoms with Gasteiger partial charge in [0.1, 0.15) is 10.7 Å². The van der Waals surface area contributed by atoms with Crippen LogP contribution in [0.3, 0.4) is 0 Å². The average Bonchev–Trinajstić information content (AvgIpc) is 2.42. The Kier molecular flexibility index (Phi) is 4.07. The van der Waals surface area contributed by atoms with Gasteiger partial charge in [0.15, 0.2) is 0 Å². The molecule has 1 aliphatic rings. The maximum Gasteiger partial charge on any atom is 0.241 e. The van der Waals surface area contributed by atoms with E-state index in [4.69, 9.17) is 0 Å². The number of aromatic nitrogens is 1. The number of nitrogens with zero attached hydrogens (tertiary/aromatic N) is 2. The molecule has 1 aliphatic heterocycles. The molecule has 0 radical (unpaired) electrons. The molecule has 0 spiro atoms. The van der Waals surface area contributed by atoms with Crippen molar-refractivity contribution in [2.24, 2.45) is 5.92 Å². The number of nitrogens with one attached hydrogen (secondary N) is 1. The first-order valence-electron chi connectivity index (χ1n) is 6.26. The third-order valence-corrected chi connectivity index (χ3v) is 4.94. The van der Waals surface area contributed by atoms with Crippen molar-refractivity contribution in [3.8, 4) is 0 Å². The fourth-order valence-corrected chi connectivity index (χ4v) is 2.77. The van der Waals surface area contributed by atoms with Crippen LogP contribution in [-0.2, 0) is 10.0 Å². The van der Waals surface area contributed by atoms with Crippen molar-refractivity contribution in [3.63, 3.8) is 0 Å². The topological polar surface area (TPSA) is 82.5 Å². The fourth-order valence-electron chi connectivity index (χ4n) is 2.09. The van der Waals surface area contributed by atoms with Crippen molar-refractivity contribution in [1.82, 2.24) is 9.71 Å². The highest BCUT2D eigenvalue weighted by Gasteiger charge is 2.25. The Hall–Kier alpha value is -1.18. The normalized spacial score (nSPS) is 24.5. The summed E-state index contributed by atoms with van der Waals surface area (Å²) in [6.07, 6.45) is 1.88. The summed E-state index contributed by atoms with van der Waals surface area (Å²) in [5.74, 6) is 0.987. The van der Waals surface area contributed by atoms with Crippen molar-refractivity contribution in [2.75, 3.05) is 25.0 Å². The Balaban J connectivity index is 2.15. The summed E-state index contributed by atoms with van der Waals surface area (Å²) in [4.78, 5) is 6.29. The SMILES string of the molecule is CNS(=O)(=O)c1ccc(N2CCC(C)C(O)C2)nc1. The molecule has 0 amide bonds. The number of hydrogen-bond acceptors (Lipinski definition) is 5. The summed E-state index contributed by atoms with van der Waals surface area (Å²) in [7, 11) is -2.08. The first kappa shape index (κ1) is 14.2. The third kappa shape index (κ3) is 3.05. The van der Waals surface area contributed by atoms with E-state index in [9.17, 15) is 13.5 Å². The summed E-state index contributed by atoms with van der Waals surface area (Å²) in [5.41, 5.74) is 0. The maximum atomic E-state index is 11.6. The highest BCUT2D eigenvalue weighted by atomic mass is 32.2. The minimum Gasteiger partial charge on any atom is -0.391 e. The molecule has 0 aliphatic carbocycles. The van der Waals surface area contributed by atoms with Gasteiger partial charge in [-0.25, -0.2) is 18.1 Å². The van der Waals surface area contributed by atoms with Gasteiger partial charge in [-0.3, -0.25) is 0 Å². The molecule has 106 valence electrons. The smallest absolute Gasteiger partial charge is 0.241 e. The summed E-state index contributed by atoms with van der Waals surface area (Å²) in [6.45, 7) is 3.38. The highest BCUT2D eigenvalue weighted by Crippen LogP contribution is 2.22. The lowest BCUT2D eigenvalue weighted by Crippen LogP contribution is -2.43. The van der Waals surface area contributed by atoms with Gasteiger partial charge in [0, 0.05) is 19.3 Å². The van der Waals surface area contributed by atoms with Crippen LogP contribution in [0.15, 0.2) is 23.2 Å². The number of β-amino-alcohol motifs (C(OH)–C–C–N with tert-alkyl or cyclic N) is 1. The van der Waals surface area contributed by atoms with E-state index < -0.39 is 10.0 Å². The van der Waals surface area contributed by atoms with Gasteiger partial charge < -0.3 is 10.0 Å². The molecule has 0 aromatic carbocycles. The van der Waals surface area contributed by atoms with Crippen LogP contribution in [0.1, 0.15) is 13.3 Å². The second-order valence-corrected chi connectivity index (χ2v) is 6.73. The van der Waals surface area contributed by atoms with Gasteiger partial charge in [0.05, 0.1) is 6.10 Å². The number of rotatable bonds is 3. The quantitative estimate of drug-likeness (QED) is 0.829. The Bertz CT molecular complexity index is 530. The lowest BCUT2D eigenvalue weighted by molar-refractivity contribution is 0.102. The predicted molar refractivity (Wildman–Crippen MR) is 72.5 cm³/mol. The predicted octanol–water partition coefficient (Wildman–Crippen LogP) is 0.197. The van der Waals surface area contributed by atoms with Crippen LogP contribution < -0.4 is 9.62 Å². The molecule has 0 bridgehead atoms. The Morgan fingerprint density at radius 2 is 2.21 bits per heavy atom. The standard InChI is InChI=1S/C12H19N3O3S/c1-9-5-6-15(8-11(9)16)12-4-3-10(7-14-12)19(17,18)13-2/h3-4,7,9,11,13,16H,5-6,8H2,1-2H3. The number of sulfonamides is 1. The minimum absolute atomic E-state index is 0.143. The van der Waals surface area contributed by atoms with Crippen LogP contribution in [-0.4, -0.2) is 44.7 Å². The summed E-state index contributed by atoms with van der Waals surface area (Å²) in [5, 5.41) is 9.86. The molecular weight excluding hydrogens is 266 g/mol. The Morgan fingerprint density at radius 3 is 2.74 bits per heavy atom. The molecular formula is C12H19N3O3S. The van der Waals surface area contributed by atoms with E-state index in [0.717, 1.165) is 13.0 Å². The van der Waals surface area contributed by atoms with Crippen molar-refractivity contribution >= 4 is 15.8 Å². The molecule has 2 rings (SSSR count). The van der Waals surface area contributed by atoms with E-state index in [-0.39, 0.29) is 11.0 Å². The van der Waals surface area contributed by atoms with Gasteiger partial charge >= 0.3 is 0 Å². The van der Waals surface area contributed by atoms with Crippen LogP contribution in [0.5, 0.6) is 0 Å². The molecule has 1 aromatic rings. The van der Waals surface area contributed by atoms with Gasteiger partial charge in [0.25, 0.3) is 0 Å². The van der Waals surface area contributed by atoms with Crippen LogP contribution in [0.2, 0.25) is 0 Å². The van der Waals surface area contributed by atoms with Crippen LogP contribution in [0.4, 0.5) is 5.82 Å². The number of anilines is 1. The van der Waals surface area contributed by atoms with E-state index >= 15 is 0 Å². The van der Waals surface area contributed by atoms with Crippen molar-refractivity contribution in [3.05, 3.63) is 18.3 Å². The molecule has 1 fully saturated rings. The number of aliphatic hydroxyl groups excluding tert-OH is 1. The van der Waals surface area contributed by atoms with Crippen molar-refractivity contribution in [2.45, 2.75) is 24.3 Å². The van der Waals surface area contributed by atoms with E-state index in [0.29, 0.717) is 18.3 Å². The molecule has 0 saturated carbocycles. The lowest BCUT2D eigenvalue weighted by atomic mass is 9.96. The second kappa shape index (κ2) is 5.44. The Morgan fingerprint density at radius 1 is 1.47 bits per heavy atom. The summed E-state index contributed by atoms with van der Waals surface area (Å²) >= 11 is 0. The van der Waals surface area contributed by atoms with Gasteiger partial charge in [-0.05, 0) is 31.5 Å². The zero-order valence-corrected chi connectivity index (χ0v) is 11.9. The highest BCUT2D eigenvalue weighted by molar-refractivity contribution is 7.89. The van der Waals surface area contributed by atoms with Crippen LogP contribution in [0.25, 0.3) is 0 Å². The van der Waals surface area contributed by atoms with Crippen molar-refractivity contribution < 1.29 is 13.5 Å². The monoisotopic (exact) mass is 285 g/mol. The summed E-state index contributed by atoms with van der Waals surface area (Å²) < 4.78 is 25.4. The molecule has 7 heteroatoms. The van der Waals surface area contributed by atoms with Gasteiger partial charge in [-0.1, -0.05) is 6.92 Å². The van der Waals surface area contributed by atoms with E-state index in [1.54, 1.807) is 6.07 Å². The zero-order valence-electron chi connectivity index (χ0n) is 11.1. The van der Waals surface area contributed by atoms with E-state index in [1.165, 1.54) is 19.3 Å². The van der Waals surface area contributed by atoms with Crippen LogP contribution >= 0.6 is 0 Å². The van der Waals surface area contributed by atoms with Gasteiger partial charge in [-0.2, -0.15) is 0 Å². The Labute approximate surface area is 113 Å². The summed E-state index contributed by atoms with van der Waals surface area (Å²) in [6, 6.07) is 3.20. The average molecular weight is 285 g/mol. The zero-order chi connectivity index (χ0) is 14.0. The minimum atomic E-state index is -3.45. The van der Waals surface area contributed by atoms with Gasteiger partial charge in [-0.15, -0.1) is 0 Å². The number of piperidine rings is 1. The van der Waals surface area contributed by atoms with E-state index in [2.05, 4.69) is 9.71 Å². The molecule has 1 aromatic heterocycles. The first-order chi connectivity index (χ1) is 8.94. The maximum absolute atomic E-state index is 11.6. The molecule has 1 saturated heterocycles. The third-order valence-electron chi connectivity index (χ3n) is 3.54. The molecule has 2 N–H and O–H groups in total. The first-order valence-corrected chi connectivity index (χ1v) is 7.75. The fraction of sp³-hybridized carbons (Fsp3) is 0.583. The second-order valence-electron chi connectivity index (χ2n) is 4.84. The number of hydrogen-bond donors (Lipinski definition) is 2. The lowest BCUT2D eigenvalue weighted by Gasteiger charge is -2.35. The molecule has 6 nitrogen and oxygen atoms in total. The number of aliphatic hydroxyl groups is 1.